The highest BCUT2D eigenvalue weighted by atomic mass is 32.2. The summed E-state index contributed by atoms with van der Waals surface area (Å²) in [6.07, 6.45) is 0. The first-order chi connectivity index (χ1) is 7.47. The van der Waals surface area contributed by atoms with Gasteiger partial charge in [-0.1, -0.05) is 0 Å². The second-order valence-electron chi connectivity index (χ2n) is 2.91. The molecule has 0 saturated carbocycles. The summed E-state index contributed by atoms with van der Waals surface area (Å²) in [6, 6.07) is -0.975. The van der Waals surface area contributed by atoms with Crippen molar-refractivity contribution in [3.8, 4) is 0 Å². The molecule has 0 fully saturated rings. The van der Waals surface area contributed by atoms with E-state index in [9.17, 15) is 14.4 Å². The Morgan fingerprint density at radius 2 is 2.06 bits per heavy atom. The summed E-state index contributed by atoms with van der Waals surface area (Å²) in [5.41, 5.74) is 0. The first kappa shape index (κ1) is 14.8. The van der Waals surface area contributed by atoms with Gasteiger partial charge in [0.2, 0.25) is 5.91 Å². The molecule has 0 aliphatic heterocycles. The molecule has 1 unspecified atom stereocenters. The zero-order valence-electron chi connectivity index (χ0n) is 9.19. The fraction of sp³-hybridized carbons (Fsp3) is 0.667. The highest BCUT2D eigenvalue weighted by molar-refractivity contribution is 8.00. The van der Waals surface area contributed by atoms with Crippen molar-refractivity contribution < 1.29 is 24.2 Å². The molecule has 0 spiro atoms. The zero-order chi connectivity index (χ0) is 12.6. The van der Waals surface area contributed by atoms with Crippen LogP contribution in [0, 0.1) is 0 Å². The Morgan fingerprint density at radius 1 is 1.44 bits per heavy atom. The van der Waals surface area contributed by atoms with Gasteiger partial charge in [-0.05, 0) is 6.92 Å². The summed E-state index contributed by atoms with van der Waals surface area (Å²) in [7, 11) is 0. The van der Waals surface area contributed by atoms with E-state index in [0.717, 1.165) is 11.8 Å². The number of rotatable bonds is 7. The highest BCUT2D eigenvalue weighted by Gasteiger charge is 2.18. The minimum atomic E-state index is -1.12. The average Bonchev–Trinajstić information content (AvgIpc) is 2.15. The number of carboxylic acid groups (broad SMARTS) is 1. The molecule has 0 heterocycles. The Labute approximate surface area is 97.7 Å². The standard InChI is InChI=1S/C9H15NO5S/c1-3-15-8(12)5-16-4-7(9(13)14)10-6(2)11/h7H,3-5H2,1-2H3,(H,10,11)(H,13,14). The minimum Gasteiger partial charge on any atom is -0.480 e. The van der Waals surface area contributed by atoms with E-state index in [1.807, 2.05) is 0 Å². The number of amides is 1. The number of ether oxygens (including phenoxy) is 1. The van der Waals surface area contributed by atoms with Crippen molar-refractivity contribution >= 4 is 29.6 Å². The zero-order valence-corrected chi connectivity index (χ0v) is 10.0. The number of hydrogen-bond acceptors (Lipinski definition) is 5. The summed E-state index contributed by atoms with van der Waals surface area (Å²) in [5, 5.41) is 11.0. The highest BCUT2D eigenvalue weighted by Crippen LogP contribution is 2.04. The molecule has 0 aromatic heterocycles. The second-order valence-corrected chi connectivity index (χ2v) is 3.94. The molecule has 1 atom stereocenters. The van der Waals surface area contributed by atoms with E-state index < -0.39 is 17.9 Å². The van der Waals surface area contributed by atoms with Gasteiger partial charge >= 0.3 is 11.9 Å². The third-order valence-electron chi connectivity index (χ3n) is 1.49. The van der Waals surface area contributed by atoms with Crippen molar-refractivity contribution in [3.05, 3.63) is 0 Å². The maximum atomic E-state index is 10.9. The van der Waals surface area contributed by atoms with E-state index in [1.54, 1.807) is 6.92 Å². The molecule has 6 nitrogen and oxygen atoms in total. The normalized spacial score (nSPS) is 11.6. The Balaban J connectivity index is 3.89. The van der Waals surface area contributed by atoms with E-state index >= 15 is 0 Å². The van der Waals surface area contributed by atoms with Gasteiger partial charge in [0.15, 0.2) is 0 Å². The van der Waals surface area contributed by atoms with Crippen LogP contribution < -0.4 is 5.32 Å². The van der Waals surface area contributed by atoms with Crippen LogP contribution in [0.1, 0.15) is 13.8 Å². The molecular weight excluding hydrogens is 234 g/mol. The smallest absolute Gasteiger partial charge is 0.327 e. The van der Waals surface area contributed by atoms with Gasteiger partial charge in [0.25, 0.3) is 0 Å². The molecule has 0 radical (unpaired) electrons. The van der Waals surface area contributed by atoms with Crippen molar-refractivity contribution in [3.63, 3.8) is 0 Å². The summed E-state index contributed by atoms with van der Waals surface area (Å²) in [5.74, 6) is -1.71. The van der Waals surface area contributed by atoms with Crippen LogP contribution in [-0.4, -0.2) is 47.1 Å². The predicted molar refractivity (Wildman–Crippen MR) is 59.2 cm³/mol. The molecule has 2 N–H and O–H groups in total. The topological polar surface area (TPSA) is 92.7 Å². The lowest BCUT2D eigenvalue weighted by molar-refractivity contribution is -0.141. The molecule has 1 amide bonds. The molecule has 0 rings (SSSR count). The maximum Gasteiger partial charge on any atom is 0.327 e. The van der Waals surface area contributed by atoms with E-state index in [4.69, 9.17) is 5.11 Å². The largest absolute Gasteiger partial charge is 0.480 e. The quantitative estimate of drug-likeness (QED) is 0.611. The first-order valence-electron chi connectivity index (χ1n) is 4.70. The lowest BCUT2D eigenvalue weighted by atomic mass is 10.3. The van der Waals surface area contributed by atoms with Crippen LogP contribution in [0.3, 0.4) is 0 Å². The van der Waals surface area contributed by atoms with Crippen LogP contribution in [-0.2, 0) is 19.1 Å². The van der Waals surface area contributed by atoms with E-state index in [2.05, 4.69) is 10.1 Å². The number of carbonyl (C=O) groups excluding carboxylic acids is 2. The van der Waals surface area contributed by atoms with E-state index in [-0.39, 0.29) is 17.5 Å². The van der Waals surface area contributed by atoms with Gasteiger partial charge in [-0.15, -0.1) is 11.8 Å². The number of hydrogen-bond donors (Lipinski definition) is 2. The minimum absolute atomic E-state index is 0.0806. The van der Waals surface area contributed by atoms with Gasteiger partial charge in [-0.2, -0.15) is 0 Å². The van der Waals surface area contributed by atoms with Crippen LogP contribution in [0.2, 0.25) is 0 Å². The van der Waals surface area contributed by atoms with Crippen molar-refractivity contribution in [2.45, 2.75) is 19.9 Å². The van der Waals surface area contributed by atoms with Gasteiger partial charge in [-0.3, -0.25) is 9.59 Å². The van der Waals surface area contributed by atoms with Crippen molar-refractivity contribution in [1.29, 1.82) is 0 Å². The predicted octanol–water partition coefficient (Wildman–Crippen LogP) is -0.128. The van der Waals surface area contributed by atoms with Crippen LogP contribution in [0.4, 0.5) is 0 Å². The number of esters is 1. The third kappa shape index (κ3) is 7.10. The van der Waals surface area contributed by atoms with Crippen LogP contribution >= 0.6 is 11.8 Å². The van der Waals surface area contributed by atoms with Crippen LogP contribution in [0.5, 0.6) is 0 Å². The van der Waals surface area contributed by atoms with Gasteiger partial charge in [-0.25, -0.2) is 4.79 Å². The van der Waals surface area contributed by atoms with Gasteiger partial charge in [0.05, 0.1) is 12.4 Å². The molecule has 7 heteroatoms. The molecular formula is C9H15NO5S. The summed E-state index contributed by atoms with van der Waals surface area (Å²) < 4.78 is 4.67. The first-order valence-corrected chi connectivity index (χ1v) is 5.86. The summed E-state index contributed by atoms with van der Waals surface area (Å²) in [6.45, 7) is 3.24. The molecule has 0 bridgehead atoms. The number of aliphatic carboxylic acids is 1. The fourth-order valence-corrected chi connectivity index (χ4v) is 1.71. The van der Waals surface area contributed by atoms with Gasteiger partial charge < -0.3 is 15.2 Å². The number of nitrogens with one attached hydrogen (secondary N) is 1. The Kier molecular flexibility index (Phi) is 7.36. The van der Waals surface area contributed by atoms with E-state index in [1.165, 1.54) is 6.92 Å². The maximum absolute atomic E-state index is 10.9. The Hall–Kier alpha value is -1.24. The Morgan fingerprint density at radius 3 is 2.50 bits per heavy atom. The van der Waals surface area contributed by atoms with Gasteiger partial charge in [0.1, 0.15) is 6.04 Å². The summed E-state index contributed by atoms with van der Waals surface area (Å²) >= 11 is 1.11. The molecule has 0 aliphatic carbocycles. The Bertz CT molecular complexity index is 269. The molecule has 0 aromatic rings. The van der Waals surface area contributed by atoms with Crippen LogP contribution in [0.15, 0.2) is 0 Å². The molecule has 0 saturated heterocycles. The van der Waals surface area contributed by atoms with Gasteiger partial charge in [0, 0.05) is 12.7 Å². The molecule has 16 heavy (non-hydrogen) atoms. The van der Waals surface area contributed by atoms with Crippen LogP contribution in [0.25, 0.3) is 0 Å². The average molecular weight is 249 g/mol. The molecule has 0 aromatic carbocycles. The number of thioether (sulfide) groups is 1. The molecule has 92 valence electrons. The number of carbonyl (C=O) groups is 3. The SMILES string of the molecule is CCOC(=O)CSCC(NC(C)=O)C(=O)O. The third-order valence-corrected chi connectivity index (χ3v) is 2.49. The summed E-state index contributed by atoms with van der Waals surface area (Å²) in [4.78, 5) is 32.3. The lowest BCUT2D eigenvalue weighted by Crippen LogP contribution is -2.41. The number of carboxylic acids is 1. The molecule has 0 aliphatic rings. The lowest BCUT2D eigenvalue weighted by Gasteiger charge is -2.12. The van der Waals surface area contributed by atoms with E-state index in [0.29, 0.717) is 6.61 Å². The van der Waals surface area contributed by atoms with Crippen molar-refractivity contribution in [1.82, 2.24) is 5.32 Å². The second kappa shape index (κ2) is 7.98. The van der Waals surface area contributed by atoms with Crippen molar-refractivity contribution in [2.24, 2.45) is 0 Å². The monoisotopic (exact) mass is 249 g/mol. The van der Waals surface area contributed by atoms with Crippen molar-refractivity contribution in [2.75, 3.05) is 18.1 Å². The fourth-order valence-electron chi connectivity index (χ4n) is 0.883.